The van der Waals surface area contributed by atoms with Gasteiger partial charge in [0.15, 0.2) is 0 Å². The molecule has 3 aromatic carbocycles. The van der Waals surface area contributed by atoms with E-state index in [0.29, 0.717) is 5.70 Å². The Bertz CT molecular complexity index is 1030. The van der Waals surface area contributed by atoms with Gasteiger partial charge in [0, 0.05) is 5.75 Å². The zero-order chi connectivity index (χ0) is 19.2. The van der Waals surface area contributed by atoms with Crippen molar-refractivity contribution in [2.45, 2.75) is 5.75 Å². The van der Waals surface area contributed by atoms with Crippen molar-refractivity contribution in [3.8, 4) is 11.5 Å². The topological polar surface area (TPSA) is 38.7 Å². The van der Waals surface area contributed by atoms with Crippen LogP contribution in [0.15, 0.2) is 95.6 Å². The van der Waals surface area contributed by atoms with Crippen molar-refractivity contribution in [1.82, 2.24) is 0 Å². The highest BCUT2D eigenvalue weighted by Gasteiger charge is 2.22. The Morgan fingerprint density at radius 1 is 0.893 bits per heavy atom. The van der Waals surface area contributed by atoms with E-state index in [2.05, 4.69) is 17.1 Å². The average molecular weight is 404 g/mol. The fourth-order valence-corrected chi connectivity index (χ4v) is 4.42. The molecular formula is C23H17NO2S2. The van der Waals surface area contributed by atoms with Crippen LogP contribution in [0, 0.1) is 0 Å². The molecule has 0 fully saturated rings. The predicted octanol–water partition coefficient (Wildman–Crippen LogP) is 6.38. The lowest BCUT2D eigenvalue weighted by Gasteiger charge is -2.06. The molecule has 0 amide bonds. The van der Waals surface area contributed by atoms with Gasteiger partial charge in [0.2, 0.25) is 5.12 Å². The molecule has 0 saturated carbocycles. The Balaban J connectivity index is 1.46. The Labute approximate surface area is 172 Å². The Morgan fingerprint density at radius 2 is 1.61 bits per heavy atom. The monoisotopic (exact) mass is 403 g/mol. The van der Waals surface area contributed by atoms with Crippen LogP contribution >= 0.6 is 23.5 Å². The van der Waals surface area contributed by atoms with E-state index in [9.17, 15) is 4.79 Å². The van der Waals surface area contributed by atoms with Crippen molar-refractivity contribution in [3.63, 3.8) is 0 Å². The largest absolute Gasteiger partial charge is 0.457 e. The number of benzene rings is 3. The minimum atomic E-state index is -0.0232. The van der Waals surface area contributed by atoms with Gasteiger partial charge in [-0.05, 0) is 53.2 Å². The minimum Gasteiger partial charge on any atom is -0.457 e. The molecule has 0 unspecified atom stereocenters. The molecule has 4 rings (SSSR count). The summed E-state index contributed by atoms with van der Waals surface area (Å²) in [6, 6.07) is 27.4. The summed E-state index contributed by atoms with van der Waals surface area (Å²) in [4.78, 5) is 16.8. The summed E-state index contributed by atoms with van der Waals surface area (Å²) in [5.41, 5.74) is 2.57. The highest BCUT2D eigenvalue weighted by atomic mass is 32.2. The fraction of sp³-hybridized carbons (Fsp3) is 0.0435. The number of para-hydroxylation sites is 1. The molecule has 138 valence electrons. The lowest BCUT2D eigenvalue weighted by Crippen LogP contribution is -1.89. The van der Waals surface area contributed by atoms with Gasteiger partial charge in [-0.3, -0.25) is 4.79 Å². The zero-order valence-corrected chi connectivity index (χ0v) is 16.6. The zero-order valence-electron chi connectivity index (χ0n) is 14.9. The number of nitrogens with zero attached hydrogens (tertiary/aromatic N) is 1. The maximum absolute atomic E-state index is 12.3. The Morgan fingerprint density at radius 3 is 2.39 bits per heavy atom. The van der Waals surface area contributed by atoms with Gasteiger partial charge < -0.3 is 4.74 Å². The molecule has 0 N–H and O–H groups in total. The predicted molar refractivity (Wildman–Crippen MR) is 119 cm³/mol. The van der Waals surface area contributed by atoms with Crippen LogP contribution in [0.4, 0.5) is 0 Å². The molecular weight excluding hydrogens is 386 g/mol. The minimum absolute atomic E-state index is 0.0232. The summed E-state index contributed by atoms with van der Waals surface area (Å²) in [6.07, 6.45) is 1.81. The number of carbonyl (C=O) groups is 1. The summed E-state index contributed by atoms with van der Waals surface area (Å²) < 4.78 is 6.65. The molecule has 1 aliphatic rings. The molecule has 3 aromatic rings. The first-order valence-corrected chi connectivity index (χ1v) is 10.6. The molecule has 0 saturated heterocycles. The van der Waals surface area contributed by atoms with E-state index in [4.69, 9.17) is 4.74 Å². The number of carbonyl (C=O) groups excluding carboxylic acids is 1. The van der Waals surface area contributed by atoms with Crippen molar-refractivity contribution in [1.29, 1.82) is 0 Å². The highest BCUT2D eigenvalue weighted by molar-refractivity contribution is 8.45. The number of hydrogen-bond donors (Lipinski definition) is 0. The standard InChI is InChI=1S/C23H17NO2S2/c25-22-21(24-23(28-22)27-16-17-8-3-1-4-9-17)15-18-10-7-13-20(14-18)26-19-11-5-2-6-12-19/h1-15H,16H2. The number of aliphatic imine (C=N–C) groups is 1. The van der Waals surface area contributed by atoms with E-state index in [0.717, 1.165) is 27.2 Å². The van der Waals surface area contributed by atoms with Gasteiger partial charge in [0.05, 0.1) is 0 Å². The van der Waals surface area contributed by atoms with E-state index in [1.165, 1.54) is 17.3 Å². The van der Waals surface area contributed by atoms with Gasteiger partial charge in [-0.25, -0.2) is 4.99 Å². The van der Waals surface area contributed by atoms with Gasteiger partial charge >= 0.3 is 0 Å². The maximum atomic E-state index is 12.3. The average Bonchev–Trinajstić information content (AvgIpc) is 3.07. The normalized spacial score (nSPS) is 14.9. The second-order valence-corrected chi connectivity index (χ2v) is 8.24. The summed E-state index contributed by atoms with van der Waals surface area (Å²) in [6.45, 7) is 0. The van der Waals surface area contributed by atoms with Crippen LogP contribution < -0.4 is 4.74 Å². The molecule has 1 heterocycles. The van der Waals surface area contributed by atoms with Crippen molar-refractivity contribution in [2.24, 2.45) is 4.99 Å². The Kier molecular flexibility index (Phi) is 5.95. The van der Waals surface area contributed by atoms with E-state index in [-0.39, 0.29) is 5.12 Å². The summed E-state index contributed by atoms with van der Waals surface area (Å²) in [5.74, 6) is 2.30. The van der Waals surface area contributed by atoms with Crippen molar-refractivity contribution >= 4 is 39.1 Å². The SMILES string of the molecule is O=C1SC(SCc2ccccc2)=NC1=Cc1cccc(Oc2ccccc2)c1. The van der Waals surface area contributed by atoms with Crippen LogP contribution in [0.3, 0.4) is 0 Å². The van der Waals surface area contributed by atoms with Gasteiger partial charge in [0.25, 0.3) is 0 Å². The third-order valence-corrected chi connectivity index (χ3v) is 6.03. The lowest BCUT2D eigenvalue weighted by atomic mass is 10.2. The van der Waals surface area contributed by atoms with Crippen LogP contribution in [0.1, 0.15) is 11.1 Å². The number of hydrogen-bond acceptors (Lipinski definition) is 5. The summed E-state index contributed by atoms with van der Waals surface area (Å²) >= 11 is 2.78. The van der Waals surface area contributed by atoms with E-state index >= 15 is 0 Å². The first-order valence-electron chi connectivity index (χ1n) is 8.78. The van der Waals surface area contributed by atoms with Crippen LogP contribution in [0.5, 0.6) is 11.5 Å². The molecule has 0 atom stereocenters. The van der Waals surface area contributed by atoms with Gasteiger partial charge in [-0.2, -0.15) is 0 Å². The van der Waals surface area contributed by atoms with E-state index in [1.807, 2.05) is 78.9 Å². The molecule has 0 bridgehead atoms. The third kappa shape index (κ3) is 4.94. The van der Waals surface area contributed by atoms with E-state index < -0.39 is 0 Å². The number of thioether (sulfide) groups is 2. The Hall–Kier alpha value is -2.76. The molecule has 0 radical (unpaired) electrons. The van der Waals surface area contributed by atoms with Crippen LogP contribution in [0.25, 0.3) is 6.08 Å². The van der Waals surface area contributed by atoms with Crippen LogP contribution in [0.2, 0.25) is 0 Å². The second kappa shape index (κ2) is 8.95. The second-order valence-electron chi connectivity index (χ2n) is 6.06. The maximum Gasteiger partial charge on any atom is 0.244 e. The smallest absolute Gasteiger partial charge is 0.244 e. The molecule has 1 aliphatic heterocycles. The van der Waals surface area contributed by atoms with Gasteiger partial charge in [0.1, 0.15) is 21.6 Å². The number of rotatable bonds is 5. The van der Waals surface area contributed by atoms with Crippen LogP contribution in [-0.2, 0) is 10.5 Å². The first-order chi connectivity index (χ1) is 13.8. The molecule has 5 heteroatoms. The number of ether oxygens (including phenoxy) is 1. The van der Waals surface area contributed by atoms with Crippen molar-refractivity contribution < 1.29 is 9.53 Å². The lowest BCUT2D eigenvalue weighted by molar-refractivity contribution is -0.107. The molecule has 0 aromatic heterocycles. The summed E-state index contributed by atoms with van der Waals surface area (Å²) in [5, 5.41) is -0.0232. The molecule has 28 heavy (non-hydrogen) atoms. The van der Waals surface area contributed by atoms with Crippen molar-refractivity contribution in [2.75, 3.05) is 0 Å². The highest BCUT2D eigenvalue weighted by Crippen LogP contribution is 2.33. The molecule has 0 spiro atoms. The van der Waals surface area contributed by atoms with Gasteiger partial charge in [-0.1, -0.05) is 72.4 Å². The fourth-order valence-electron chi connectivity index (χ4n) is 2.62. The third-order valence-electron chi connectivity index (χ3n) is 3.95. The van der Waals surface area contributed by atoms with Gasteiger partial charge in [-0.15, -0.1) is 0 Å². The van der Waals surface area contributed by atoms with Crippen LogP contribution in [-0.4, -0.2) is 9.49 Å². The van der Waals surface area contributed by atoms with Crippen molar-refractivity contribution in [3.05, 3.63) is 102 Å². The quantitative estimate of drug-likeness (QED) is 0.463. The molecule has 3 nitrogen and oxygen atoms in total. The first kappa shape index (κ1) is 18.6. The molecule has 0 aliphatic carbocycles. The summed E-state index contributed by atoms with van der Waals surface area (Å²) in [7, 11) is 0. The van der Waals surface area contributed by atoms with E-state index in [1.54, 1.807) is 11.8 Å².